The molecular weight excluding hydrogens is 200 g/mol. The Morgan fingerprint density at radius 3 is 2.93 bits per heavy atom. The summed E-state index contributed by atoms with van der Waals surface area (Å²) in [6.07, 6.45) is -0.656. The molecule has 0 aliphatic carbocycles. The Labute approximate surface area is 84.3 Å². The first-order valence-corrected chi connectivity index (χ1v) is 4.78. The van der Waals surface area contributed by atoms with Crippen LogP contribution in [0.2, 0.25) is 0 Å². The summed E-state index contributed by atoms with van der Waals surface area (Å²) in [6.45, 7) is 0. The Balaban J connectivity index is 2.31. The van der Waals surface area contributed by atoms with Gasteiger partial charge in [0.25, 0.3) is 0 Å². The second-order valence-corrected chi connectivity index (χ2v) is 3.68. The summed E-state index contributed by atoms with van der Waals surface area (Å²) in [5.74, 6) is 4.89. The highest BCUT2D eigenvalue weighted by molar-refractivity contribution is 7.20. The summed E-state index contributed by atoms with van der Waals surface area (Å²) in [7, 11) is 0. The SMILES string of the molecule is NNC(=O)Oc1cc2ccccc2s1. The highest BCUT2D eigenvalue weighted by atomic mass is 32.1. The zero-order chi connectivity index (χ0) is 9.97. The molecule has 1 aromatic carbocycles. The van der Waals surface area contributed by atoms with Gasteiger partial charge in [-0.1, -0.05) is 29.5 Å². The van der Waals surface area contributed by atoms with E-state index in [1.807, 2.05) is 29.7 Å². The van der Waals surface area contributed by atoms with Crippen LogP contribution < -0.4 is 16.0 Å². The Hall–Kier alpha value is -1.59. The second-order valence-electron chi connectivity index (χ2n) is 2.64. The summed E-state index contributed by atoms with van der Waals surface area (Å²) in [5.41, 5.74) is 1.90. The molecule has 0 aliphatic heterocycles. The van der Waals surface area contributed by atoms with Crippen LogP contribution in [-0.4, -0.2) is 6.09 Å². The summed E-state index contributed by atoms with van der Waals surface area (Å²) in [5, 5.41) is 1.59. The topological polar surface area (TPSA) is 64.3 Å². The smallest absolute Gasteiger partial charge is 0.398 e. The molecule has 2 rings (SSSR count). The molecule has 0 atom stereocenters. The minimum atomic E-state index is -0.656. The summed E-state index contributed by atoms with van der Waals surface area (Å²) < 4.78 is 5.97. The molecule has 14 heavy (non-hydrogen) atoms. The lowest BCUT2D eigenvalue weighted by atomic mass is 10.3. The number of rotatable bonds is 1. The number of amides is 1. The van der Waals surface area contributed by atoms with Gasteiger partial charge >= 0.3 is 6.09 Å². The molecule has 0 saturated heterocycles. The van der Waals surface area contributed by atoms with Crippen LogP contribution in [0.1, 0.15) is 0 Å². The van der Waals surface area contributed by atoms with E-state index in [1.54, 1.807) is 6.07 Å². The van der Waals surface area contributed by atoms with E-state index in [0.717, 1.165) is 10.1 Å². The lowest BCUT2D eigenvalue weighted by Crippen LogP contribution is -2.32. The number of nitrogens with one attached hydrogen (secondary N) is 1. The number of thiophene rings is 1. The Morgan fingerprint density at radius 1 is 1.43 bits per heavy atom. The van der Waals surface area contributed by atoms with Crippen LogP contribution in [0.15, 0.2) is 30.3 Å². The molecule has 4 nitrogen and oxygen atoms in total. The van der Waals surface area contributed by atoms with E-state index in [1.165, 1.54) is 11.3 Å². The van der Waals surface area contributed by atoms with Gasteiger partial charge in [0.05, 0.1) is 0 Å². The van der Waals surface area contributed by atoms with Crippen LogP contribution >= 0.6 is 11.3 Å². The third-order valence-electron chi connectivity index (χ3n) is 1.71. The number of hydrogen-bond acceptors (Lipinski definition) is 4. The lowest BCUT2D eigenvalue weighted by molar-refractivity contribution is 0.202. The third kappa shape index (κ3) is 1.68. The number of hydrogen-bond donors (Lipinski definition) is 2. The quantitative estimate of drug-likeness (QED) is 0.427. The lowest BCUT2D eigenvalue weighted by Gasteiger charge is -1.96. The Morgan fingerprint density at radius 2 is 2.21 bits per heavy atom. The van der Waals surface area contributed by atoms with E-state index in [-0.39, 0.29) is 0 Å². The number of fused-ring (bicyclic) bond motifs is 1. The fourth-order valence-corrected chi connectivity index (χ4v) is 2.04. The molecule has 1 amide bonds. The average Bonchev–Trinajstić information content (AvgIpc) is 2.59. The van der Waals surface area contributed by atoms with Crippen LogP contribution in [0.25, 0.3) is 10.1 Å². The molecule has 0 unspecified atom stereocenters. The minimum Gasteiger partial charge on any atom is -0.398 e. The van der Waals surface area contributed by atoms with Gasteiger partial charge in [0.2, 0.25) is 0 Å². The average molecular weight is 208 g/mol. The van der Waals surface area contributed by atoms with Crippen molar-refractivity contribution < 1.29 is 9.53 Å². The predicted octanol–water partition coefficient (Wildman–Crippen LogP) is 1.86. The van der Waals surface area contributed by atoms with Crippen molar-refractivity contribution in [1.29, 1.82) is 0 Å². The highest BCUT2D eigenvalue weighted by Gasteiger charge is 2.05. The summed E-state index contributed by atoms with van der Waals surface area (Å²) in [4.78, 5) is 10.8. The van der Waals surface area contributed by atoms with Gasteiger partial charge in [-0.2, -0.15) is 0 Å². The number of carbonyl (C=O) groups is 1. The number of hydrazine groups is 1. The Bertz CT molecular complexity index is 434. The number of carbonyl (C=O) groups excluding carboxylic acids is 1. The Kier molecular flexibility index (Phi) is 2.34. The van der Waals surface area contributed by atoms with E-state index in [4.69, 9.17) is 10.6 Å². The first-order valence-electron chi connectivity index (χ1n) is 3.96. The van der Waals surface area contributed by atoms with E-state index in [9.17, 15) is 4.79 Å². The van der Waals surface area contributed by atoms with Gasteiger partial charge < -0.3 is 4.74 Å². The zero-order valence-corrected chi connectivity index (χ0v) is 8.01. The van der Waals surface area contributed by atoms with Crippen LogP contribution in [0.5, 0.6) is 5.06 Å². The maximum absolute atomic E-state index is 10.8. The first-order chi connectivity index (χ1) is 6.79. The third-order valence-corrected chi connectivity index (χ3v) is 2.71. The molecule has 5 heteroatoms. The maximum atomic E-state index is 10.8. The minimum absolute atomic E-state index is 0.536. The summed E-state index contributed by atoms with van der Waals surface area (Å²) in [6, 6.07) is 9.59. The van der Waals surface area contributed by atoms with Gasteiger partial charge in [0.1, 0.15) is 0 Å². The molecule has 2 aromatic rings. The monoisotopic (exact) mass is 208 g/mol. The van der Waals surface area contributed by atoms with Crippen molar-refractivity contribution in [3.8, 4) is 5.06 Å². The van der Waals surface area contributed by atoms with Gasteiger partial charge in [-0.25, -0.2) is 10.6 Å². The van der Waals surface area contributed by atoms with Gasteiger partial charge in [-0.15, -0.1) is 0 Å². The highest BCUT2D eigenvalue weighted by Crippen LogP contribution is 2.31. The molecule has 72 valence electrons. The van der Waals surface area contributed by atoms with Crippen molar-refractivity contribution in [2.75, 3.05) is 0 Å². The number of ether oxygens (including phenoxy) is 1. The maximum Gasteiger partial charge on any atom is 0.427 e. The van der Waals surface area contributed by atoms with Crippen molar-refractivity contribution in [2.45, 2.75) is 0 Å². The molecule has 1 aromatic heterocycles. The van der Waals surface area contributed by atoms with E-state index in [0.29, 0.717) is 5.06 Å². The fraction of sp³-hybridized carbons (Fsp3) is 0. The van der Waals surface area contributed by atoms with Crippen LogP contribution in [0.3, 0.4) is 0 Å². The van der Waals surface area contributed by atoms with Crippen molar-refractivity contribution in [1.82, 2.24) is 5.43 Å². The van der Waals surface area contributed by atoms with Crippen LogP contribution in [0.4, 0.5) is 4.79 Å². The van der Waals surface area contributed by atoms with Gasteiger partial charge in [0.15, 0.2) is 5.06 Å². The van der Waals surface area contributed by atoms with Crippen LogP contribution in [0, 0.1) is 0 Å². The normalized spacial score (nSPS) is 10.1. The van der Waals surface area contributed by atoms with Crippen LogP contribution in [-0.2, 0) is 0 Å². The molecule has 0 radical (unpaired) electrons. The van der Waals surface area contributed by atoms with Crippen molar-refractivity contribution >= 4 is 27.5 Å². The fourth-order valence-electron chi connectivity index (χ4n) is 1.13. The number of benzene rings is 1. The first kappa shape index (κ1) is 8.98. The molecule has 0 saturated carbocycles. The molecule has 0 fully saturated rings. The largest absolute Gasteiger partial charge is 0.427 e. The van der Waals surface area contributed by atoms with Crippen molar-refractivity contribution in [3.63, 3.8) is 0 Å². The van der Waals surface area contributed by atoms with Gasteiger partial charge in [0, 0.05) is 10.8 Å². The summed E-state index contributed by atoms with van der Waals surface area (Å²) >= 11 is 1.40. The predicted molar refractivity (Wildman–Crippen MR) is 55.2 cm³/mol. The molecule has 0 aliphatic rings. The molecular formula is C9H8N2O2S. The molecule has 1 heterocycles. The molecule has 0 spiro atoms. The van der Waals surface area contributed by atoms with Crippen molar-refractivity contribution in [2.24, 2.45) is 5.84 Å². The standard InChI is InChI=1S/C9H8N2O2S/c10-11-9(12)13-8-5-6-3-1-2-4-7(6)14-8/h1-5H,10H2,(H,11,12). The zero-order valence-electron chi connectivity index (χ0n) is 7.19. The van der Waals surface area contributed by atoms with Gasteiger partial charge in [-0.05, 0) is 11.5 Å². The number of nitrogens with two attached hydrogens (primary N) is 1. The van der Waals surface area contributed by atoms with E-state index < -0.39 is 6.09 Å². The van der Waals surface area contributed by atoms with E-state index >= 15 is 0 Å². The molecule has 0 bridgehead atoms. The van der Waals surface area contributed by atoms with Gasteiger partial charge in [-0.3, -0.25) is 5.43 Å². The molecule has 3 N–H and O–H groups in total. The van der Waals surface area contributed by atoms with E-state index in [2.05, 4.69) is 0 Å². The van der Waals surface area contributed by atoms with Crippen molar-refractivity contribution in [3.05, 3.63) is 30.3 Å². The second kappa shape index (κ2) is 3.65.